The molecule has 10 heteroatoms. The molecule has 0 saturated carbocycles. The van der Waals surface area contributed by atoms with Crippen molar-refractivity contribution in [3.8, 4) is 5.75 Å². The number of nitrogens with one attached hydrogen (secondary N) is 2. The summed E-state index contributed by atoms with van der Waals surface area (Å²) in [6.07, 6.45) is -1.18. The molecule has 0 amide bonds. The molecule has 0 bridgehead atoms. The van der Waals surface area contributed by atoms with E-state index in [9.17, 15) is 13.2 Å². The Labute approximate surface area is 154 Å². The van der Waals surface area contributed by atoms with Gasteiger partial charge in [0.1, 0.15) is 24.5 Å². The number of guanidine groups is 1. The Morgan fingerprint density at radius 2 is 2.19 bits per heavy atom. The van der Waals surface area contributed by atoms with E-state index in [1.807, 2.05) is 4.68 Å². The minimum atomic E-state index is -4.44. The van der Waals surface area contributed by atoms with E-state index in [-0.39, 0.29) is 18.4 Å². The van der Waals surface area contributed by atoms with Crippen LogP contribution in [-0.4, -0.2) is 47.0 Å². The maximum Gasteiger partial charge on any atom is 0.419 e. The Morgan fingerprint density at radius 1 is 1.37 bits per heavy atom. The quantitative estimate of drug-likeness (QED) is 0.469. The minimum absolute atomic E-state index is 0.0751. The molecule has 0 fully saturated rings. The highest BCUT2D eigenvalue weighted by atomic mass is 19.4. The summed E-state index contributed by atoms with van der Waals surface area (Å²) < 4.78 is 46.0. The van der Waals surface area contributed by atoms with Crippen molar-refractivity contribution in [2.24, 2.45) is 4.99 Å². The van der Waals surface area contributed by atoms with Crippen molar-refractivity contribution >= 4 is 5.96 Å². The lowest BCUT2D eigenvalue weighted by atomic mass is 10.1. The van der Waals surface area contributed by atoms with Crippen molar-refractivity contribution in [2.75, 3.05) is 20.2 Å². The Hall–Kier alpha value is -2.78. The van der Waals surface area contributed by atoms with Crippen LogP contribution in [0.5, 0.6) is 5.75 Å². The van der Waals surface area contributed by atoms with Crippen LogP contribution in [0.25, 0.3) is 0 Å². The molecule has 1 unspecified atom stereocenters. The number of para-hydroxylation sites is 1. The van der Waals surface area contributed by atoms with Gasteiger partial charge in [0.15, 0.2) is 5.96 Å². The molecule has 2 aromatic rings. The molecule has 3 rings (SSSR count). The highest BCUT2D eigenvalue weighted by Crippen LogP contribution is 2.35. The minimum Gasteiger partial charge on any atom is -0.491 e. The van der Waals surface area contributed by atoms with E-state index in [0.717, 1.165) is 24.7 Å². The predicted octanol–water partition coefficient (Wildman–Crippen LogP) is 1.86. The van der Waals surface area contributed by atoms with Crippen LogP contribution >= 0.6 is 0 Å². The van der Waals surface area contributed by atoms with Crippen LogP contribution in [0.2, 0.25) is 0 Å². The highest BCUT2D eigenvalue weighted by molar-refractivity contribution is 5.79. The van der Waals surface area contributed by atoms with Crippen LogP contribution in [0.4, 0.5) is 13.2 Å². The average Bonchev–Trinajstić information content (AvgIpc) is 3.11. The van der Waals surface area contributed by atoms with E-state index in [4.69, 9.17) is 4.74 Å². The zero-order chi connectivity index (χ0) is 19.3. The normalized spacial score (nSPS) is 17.3. The number of benzene rings is 1. The first-order chi connectivity index (χ1) is 13.0. The number of aromatic nitrogens is 3. The van der Waals surface area contributed by atoms with Crippen molar-refractivity contribution in [2.45, 2.75) is 31.6 Å². The third kappa shape index (κ3) is 4.89. The largest absolute Gasteiger partial charge is 0.491 e. The number of hydrogen-bond donors (Lipinski definition) is 2. The molecule has 1 aromatic carbocycles. The molecule has 1 atom stereocenters. The third-order valence-electron chi connectivity index (χ3n) is 4.21. The molecule has 0 saturated heterocycles. The average molecular weight is 382 g/mol. The van der Waals surface area contributed by atoms with E-state index >= 15 is 0 Å². The first-order valence-corrected chi connectivity index (χ1v) is 8.60. The lowest BCUT2D eigenvalue weighted by Gasteiger charge is -2.25. The van der Waals surface area contributed by atoms with Crippen LogP contribution < -0.4 is 15.4 Å². The molecule has 27 heavy (non-hydrogen) atoms. The van der Waals surface area contributed by atoms with Gasteiger partial charge in [0, 0.05) is 19.5 Å². The summed E-state index contributed by atoms with van der Waals surface area (Å²) in [6, 6.07) is 5.32. The first kappa shape index (κ1) is 19.0. The third-order valence-corrected chi connectivity index (χ3v) is 4.21. The van der Waals surface area contributed by atoms with E-state index in [1.54, 1.807) is 13.4 Å². The second kappa shape index (κ2) is 8.28. The molecular weight excluding hydrogens is 361 g/mol. The molecule has 2 N–H and O–H groups in total. The van der Waals surface area contributed by atoms with Crippen molar-refractivity contribution < 1.29 is 17.9 Å². The SMILES string of the molecule is CN=C(NCCOc1ccccc1C(F)(F)F)NC1CCc2ncnn2C1. The van der Waals surface area contributed by atoms with Crippen molar-refractivity contribution in [1.82, 2.24) is 25.4 Å². The van der Waals surface area contributed by atoms with E-state index in [2.05, 4.69) is 25.7 Å². The summed E-state index contributed by atoms with van der Waals surface area (Å²) >= 11 is 0. The predicted molar refractivity (Wildman–Crippen MR) is 93.6 cm³/mol. The van der Waals surface area contributed by atoms with Gasteiger partial charge in [0.25, 0.3) is 0 Å². The Morgan fingerprint density at radius 3 is 2.96 bits per heavy atom. The van der Waals surface area contributed by atoms with Gasteiger partial charge in [-0.05, 0) is 18.6 Å². The van der Waals surface area contributed by atoms with Crippen LogP contribution in [0, 0.1) is 0 Å². The van der Waals surface area contributed by atoms with Gasteiger partial charge in [-0.15, -0.1) is 0 Å². The van der Waals surface area contributed by atoms with E-state index < -0.39 is 11.7 Å². The van der Waals surface area contributed by atoms with Gasteiger partial charge in [-0.3, -0.25) is 4.99 Å². The van der Waals surface area contributed by atoms with Crippen LogP contribution in [0.3, 0.4) is 0 Å². The Bertz CT molecular complexity index is 789. The smallest absolute Gasteiger partial charge is 0.419 e. The maximum absolute atomic E-state index is 12.9. The molecule has 1 aliphatic heterocycles. The number of rotatable bonds is 5. The fourth-order valence-corrected chi connectivity index (χ4v) is 2.90. The van der Waals surface area contributed by atoms with Gasteiger partial charge in [0.2, 0.25) is 0 Å². The molecule has 146 valence electrons. The lowest BCUT2D eigenvalue weighted by Crippen LogP contribution is -2.47. The number of nitrogens with zero attached hydrogens (tertiary/aromatic N) is 4. The zero-order valence-corrected chi connectivity index (χ0v) is 14.8. The van der Waals surface area contributed by atoms with Crippen LogP contribution in [0.15, 0.2) is 35.6 Å². The molecule has 7 nitrogen and oxygen atoms in total. The first-order valence-electron chi connectivity index (χ1n) is 8.60. The summed E-state index contributed by atoms with van der Waals surface area (Å²) in [5.74, 6) is 1.35. The summed E-state index contributed by atoms with van der Waals surface area (Å²) in [5, 5.41) is 10.5. The second-order valence-electron chi connectivity index (χ2n) is 6.08. The Kier molecular flexibility index (Phi) is 5.82. The molecular formula is C17H21F3N6O. The summed E-state index contributed by atoms with van der Waals surface area (Å²) in [6.45, 7) is 1.07. The van der Waals surface area contributed by atoms with Crippen LogP contribution in [0.1, 0.15) is 17.8 Å². The van der Waals surface area contributed by atoms with Crippen molar-refractivity contribution in [3.05, 3.63) is 42.0 Å². The van der Waals surface area contributed by atoms with Gasteiger partial charge in [-0.25, -0.2) is 9.67 Å². The number of halogens is 3. The van der Waals surface area contributed by atoms with Crippen molar-refractivity contribution in [3.63, 3.8) is 0 Å². The lowest BCUT2D eigenvalue weighted by molar-refractivity contribution is -0.138. The summed E-state index contributed by atoms with van der Waals surface area (Å²) in [4.78, 5) is 8.33. The number of hydrogen-bond acceptors (Lipinski definition) is 4. The van der Waals surface area contributed by atoms with Gasteiger partial charge in [0.05, 0.1) is 18.7 Å². The fraction of sp³-hybridized carbons (Fsp3) is 0.471. The van der Waals surface area contributed by atoms with E-state index in [1.165, 1.54) is 18.2 Å². The number of ether oxygens (including phenoxy) is 1. The highest BCUT2D eigenvalue weighted by Gasteiger charge is 2.33. The van der Waals surface area contributed by atoms with Crippen LogP contribution in [-0.2, 0) is 19.1 Å². The number of fused-ring (bicyclic) bond motifs is 1. The van der Waals surface area contributed by atoms with Gasteiger partial charge in [-0.2, -0.15) is 18.3 Å². The fourth-order valence-electron chi connectivity index (χ4n) is 2.90. The topological polar surface area (TPSA) is 76.4 Å². The standard InChI is InChI=1S/C17H21F3N6O/c1-21-16(25-12-6-7-15-23-11-24-26(15)10-12)22-8-9-27-14-5-3-2-4-13(14)17(18,19)20/h2-5,11-12H,6-10H2,1H3,(H2,21,22,25). The van der Waals surface area contributed by atoms with Gasteiger partial charge in [-0.1, -0.05) is 12.1 Å². The monoisotopic (exact) mass is 382 g/mol. The number of aliphatic imine (C=N–C) groups is 1. The van der Waals surface area contributed by atoms with Crippen molar-refractivity contribution in [1.29, 1.82) is 0 Å². The van der Waals surface area contributed by atoms with E-state index in [0.29, 0.717) is 19.0 Å². The number of alkyl halides is 3. The second-order valence-corrected chi connectivity index (χ2v) is 6.08. The zero-order valence-electron chi connectivity index (χ0n) is 14.8. The molecule has 0 aliphatic carbocycles. The number of aryl methyl sites for hydroxylation is 1. The molecule has 1 aromatic heterocycles. The summed E-state index contributed by atoms with van der Waals surface area (Å²) in [7, 11) is 1.64. The molecule has 2 heterocycles. The maximum atomic E-state index is 12.9. The molecule has 1 aliphatic rings. The van der Waals surface area contributed by atoms with Gasteiger partial charge >= 0.3 is 6.18 Å². The Balaban J connectivity index is 1.46. The molecule has 0 radical (unpaired) electrons. The summed E-state index contributed by atoms with van der Waals surface area (Å²) in [5.41, 5.74) is -0.779. The molecule has 0 spiro atoms. The van der Waals surface area contributed by atoms with Gasteiger partial charge < -0.3 is 15.4 Å².